The van der Waals surface area contributed by atoms with E-state index in [1.807, 2.05) is 0 Å². The van der Waals surface area contributed by atoms with Crippen LogP contribution in [0.5, 0.6) is 0 Å². The van der Waals surface area contributed by atoms with Crippen LogP contribution in [0, 0.1) is 5.92 Å². The Bertz CT molecular complexity index is 643. The Labute approximate surface area is 140 Å². The van der Waals surface area contributed by atoms with Gasteiger partial charge in [0.05, 0.1) is 0 Å². The van der Waals surface area contributed by atoms with E-state index in [0.29, 0.717) is 19.2 Å². The van der Waals surface area contributed by atoms with Crippen LogP contribution >= 0.6 is 0 Å². The first kappa shape index (κ1) is 19.1. The van der Waals surface area contributed by atoms with Gasteiger partial charge in [-0.3, -0.25) is 4.98 Å². The molecule has 0 aromatic carbocycles. The highest BCUT2D eigenvalue weighted by molar-refractivity contribution is 7.89. The van der Waals surface area contributed by atoms with Gasteiger partial charge in [0.25, 0.3) is 0 Å². The van der Waals surface area contributed by atoms with Crippen LogP contribution < -0.4 is 0 Å². The first-order valence-electron chi connectivity index (χ1n) is 7.94. The van der Waals surface area contributed by atoms with Crippen LogP contribution in [0.3, 0.4) is 0 Å². The number of alkyl halides is 3. The molecule has 24 heavy (non-hydrogen) atoms. The van der Waals surface area contributed by atoms with E-state index < -0.39 is 21.9 Å². The van der Waals surface area contributed by atoms with E-state index in [9.17, 15) is 21.6 Å². The lowest BCUT2D eigenvalue weighted by Crippen LogP contribution is -2.33. The summed E-state index contributed by atoms with van der Waals surface area (Å²) in [6.45, 7) is 7.52. The zero-order chi connectivity index (χ0) is 18.0. The summed E-state index contributed by atoms with van der Waals surface area (Å²) >= 11 is 0. The fourth-order valence-electron chi connectivity index (χ4n) is 2.86. The summed E-state index contributed by atoms with van der Waals surface area (Å²) < 4.78 is 64.0. The van der Waals surface area contributed by atoms with Gasteiger partial charge >= 0.3 is 6.18 Å². The molecule has 1 aliphatic rings. The predicted octanol–water partition coefficient (Wildman–Crippen LogP) is 2.45. The maximum atomic E-state index is 12.6. The van der Waals surface area contributed by atoms with E-state index in [1.165, 1.54) is 4.31 Å². The van der Waals surface area contributed by atoms with Crippen molar-refractivity contribution in [2.24, 2.45) is 5.92 Å². The third-order valence-electron chi connectivity index (χ3n) is 4.32. The van der Waals surface area contributed by atoms with Gasteiger partial charge in [-0.25, -0.2) is 8.42 Å². The van der Waals surface area contributed by atoms with E-state index in [2.05, 4.69) is 23.7 Å². The lowest BCUT2D eigenvalue weighted by molar-refractivity contribution is -0.141. The number of nitrogens with zero attached hydrogens (tertiary/aromatic N) is 3. The highest BCUT2D eigenvalue weighted by atomic mass is 32.2. The van der Waals surface area contributed by atoms with Crippen LogP contribution in [0.2, 0.25) is 0 Å². The summed E-state index contributed by atoms with van der Waals surface area (Å²) in [5.74, 6) is 0.238. The molecule has 1 fully saturated rings. The summed E-state index contributed by atoms with van der Waals surface area (Å²) in [4.78, 5) is 5.28. The summed E-state index contributed by atoms with van der Waals surface area (Å²) in [6, 6.07) is 1.68. The fourth-order valence-corrected chi connectivity index (χ4v) is 4.34. The third-order valence-corrected chi connectivity index (χ3v) is 6.17. The Hall–Kier alpha value is -1.19. The minimum Gasteiger partial charge on any atom is -0.304 e. The summed E-state index contributed by atoms with van der Waals surface area (Å²) in [5.41, 5.74) is -1.10. The average Bonchev–Trinajstić information content (AvgIpc) is 3.01. The van der Waals surface area contributed by atoms with Crippen molar-refractivity contribution in [3.05, 3.63) is 24.0 Å². The molecule has 0 radical (unpaired) electrons. The molecule has 0 spiro atoms. The highest BCUT2D eigenvalue weighted by Gasteiger charge is 2.35. The Morgan fingerprint density at radius 1 is 1.29 bits per heavy atom. The van der Waals surface area contributed by atoms with Crippen LogP contribution in [0.15, 0.2) is 23.2 Å². The number of aromatic nitrogens is 1. The molecule has 1 aromatic heterocycles. The zero-order valence-electron chi connectivity index (χ0n) is 13.8. The number of hydrogen-bond donors (Lipinski definition) is 0. The number of sulfonamides is 1. The van der Waals surface area contributed by atoms with Crippen LogP contribution in [-0.2, 0) is 16.2 Å². The molecule has 0 unspecified atom stereocenters. The first-order chi connectivity index (χ1) is 11.2. The molecule has 2 heterocycles. The largest absolute Gasteiger partial charge is 0.433 e. The summed E-state index contributed by atoms with van der Waals surface area (Å²) in [6.07, 6.45) is -3.04. The Balaban J connectivity index is 2.08. The van der Waals surface area contributed by atoms with Gasteiger partial charge < -0.3 is 4.90 Å². The molecular formula is C15H22F3N3O2S. The molecule has 2 rings (SSSR count). The normalized spacial score (nSPS) is 20.0. The van der Waals surface area contributed by atoms with Gasteiger partial charge in [0.1, 0.15) is 10.6 Å². The Kier molecular flexibility index (Phi) is 5.87. The zero-order valence-corrected chi connectivity index (χ0v) is 14.6. The van der Waals surface area contributed by atoms with Gasteiger partial charge in [-0.1, -0.05) is 13.8 Å². The molecule has 1 aliphatic heterocycles. The molecule has 1 aromatic rings. The molecule has 1 atom stereocenters. The molecule has 136 valence electrons. The van der Waals surface area contributed by atoms with Gasteiger partial charge in [0.2, 0.25) is 10.0 Å². The Morgan fingerprint density at radius 3 is 2.46 bits per heavy atom. The fraction of sp³-hybridized carbons (Fsp3) is 0.667. The minimum absolute atomic E-state index is 0.195. The van der Waals surface area contributed by atoms with Crippen LogP contribution in [0.4, 0.5) is 13.2 Å². The van der Waals surface area contributed by atoms with Crippen molar-refractivity contribution in [3.63, 3.8) is 0 Å². The van der Waals surface area contributed by atoms with Crippen LogP contribution in [-0.4, -0.2) is 55.3 Å². The van der Waals surface area contributed by atoms with Gasteiger partial charge in [-0.05, 0) is 37.6 Å². The van der Waals surface area contributed by atoms with E-state index in [0.717, 1.165) is 38.3 Å². The molecule has 0 aliphatic carbocycles. The van der Waals surface area contributed by atoms with E-state index >= 15 is 0 Å². The van der Waals surface area contributed by atoms with Gasteiger partial charge in [-0.15, -0.1) is 0 Å². The lowest BCUT2D eigenvalue weighted by atomic mass is 10.1. The number of hydrogen-bond acceptors (Lipinski definition) is 4. The van der Waals surface area contributed by atoms with Gasteiger partial charge in [0, 0.05) is 25.8 Å². The average molecular weight is 365 g/mol. The van der Waals surface area contributed by atoms with Crippen molar-refractivity contribution < 1.29 is 21.6 Å². The summed E-state index contributed by atoms with van der Waals surface area (Å²) in [7, 11) is -3.80. The molecule has 1 saturated heterocycles. The number of rotatable bonds is 6. The number of pyridine rings is 1. The standard InChI is InChI=1S/C15H22F3N3O2S/c1-3-20(4-2)10-12-7-8-21(11-12)24(22,23)13-5-6-14(19-9-13)15(16,17)18/h5-6,9,12H,3-4,7-8,10-11H2,1-2H3/t12-/m1/s1. The second-order valence-electron chi connectivity index (χ2n) is 5.88. The lowest BCUT2D eigenvalue weighted by Gasteiger charge is -2.22. The van der Waals surface area contributed by atoms with E-state index in [-0.39, 0.29) is 10.8 Å². The maximum absolute atomic E-state index is 12.6. The molecule has 0 N–H and O–H groups in total. The quantitative estimate of drug-likeness (QED) is 0.777. The van der Waals surface area contributed by atoms with E-state index in [1.54, 1.807) is 0 Å². The van der Waals surface area contributed by atoms with Gasteiger partial charge in [-0.2, -0.15) is 17.5 Å². The third kappa shape index (κ3) is 4.25. The monoisotopic (exact) mass is 365 g/mol. The predicted molar refractivity (Wildman–Crippen MR) is 83.9 cm³/mol. The van der Waals surface area contributed by atoms with Crippen LogP contribution in [0.25, 0.3) is 0 Å². The SMILES string of the molecule is CCN(CC)C[C@H]1CCN(S(=O)(=O)c2ccc(C(F)(F)F)nc2)C1. The molecule has 0 bridgehead atoms. The topological polar surface area (TPSA) is 53.5 Å². The van der Waals surface area contributed by atoms with Crippen molar-refractivity contribution in [2.75, 3.05) is 32.7 Å². The molecule has 0 saturated carbocycles. The Morgan fingerprint density at radius 2 is 1.96 bits per heavy atom. The van der Waals surface area contributed by atoms with Gasteiger partial charge in [0.15, 0.2) is 0 Å². The maximum Gasteiger partial charge on any atom is 0.433 e. The van der Waals surface area contributed by atoms with Crippen molar-refractivity contribution in [3.8, 4) is 0 Å². The molecule has 9 heteroatoms. The van der Waals surface area contributed by atoms with Crippen molar-refractivity contribution in [1.82, 2.24) is 14.2 Å². The summed E-state index contributed by atoms with van der Waals surface area (Å²) in [5, 5.41) is 0. The highest BCUT2D eigenvalue weighted by Crippen LogP contribution is 2.29. The number of halogens is 3. The van der Waals surface area contributed by atoms with Crippen molar-refractivity contribution in [2.45, 2.75) is 31.3 Å². The van der Waals surface area contributed by atoms with Crippen molar-refractivity contribution >= 4 is 10.0 Å². The van der Waals surface area contributed by atoms with Crippen molar-refractivity contribution in [1.29, 1.82) is 0 Å². The second kappa shape index (κ2) is 7.37. The first-order valence-corrected chi connectivity index (χ1v) is 9.38. The van der Waals surface area contributed by atoms with E-state index in [4.69, 9.17) is 0 Å². The molecule has 5 nitrogen and oxygen atoms in total. The smallest absolute Gasteiger partial charge is 0.304 e. The van der Waals surface area contributed by atoms with Crippen LogP contribution in [0.1, 0.15) is 26.0 Å². The molecular weight excluding hydrogens is 343 g/mol. The minimum atomic E-state index is -4.58. The second-order valence-corrected chi connectivity index (χ2v) is 7.82. The molecule has 0 amide bonds.